The van der Waals surface area contributed by atoms with E-state index in [0.717, 1.165) is 12.1 Å². The van der Waals surface area contributed by atoms with Crippen molar-refractivity contribution in [1.29, 1.82) is 0 Å². The normalized spacial score (nSPS) is 20.3. The van der Waals surface area contributed by atoms with Crippen molar-refractivity contribution in [3.8, 4) is 0 Å². The van der Waals surface area contributed by atoms with Gasteiger partial charge >= 0.3 is 0 Å². The van der Waals surface area contributed by atoms with Crippen molar-refractivity contribution in [2.75, 3.05) is 23.3 Å². The maximum Gasteiger partial charge on any atom is 0.255 e. The number of benzene rings is 2. The van der Waals surface area contributed by atoms with Gasteiger partial charge in [-0.25, -0.2) is 13.2 Å². The van der Waals surface area contributed by atoms with Crippen LogP contribution in [-0.4, -0.2) is 30.2 Å². The largest absolute Gasteiger partial charge is 0.393 e. The molecule has 1 aliphatic heterocycles. The fraction of sp³-hybridized carbons (Fsp3) is 0.350. The quantitative estimate of drug-likeness (QED) is 0.850. The zero-order valence-corrected chi connectivity index (χ0v) is 14.9. The summed E-state index contributed by atoms with van der Waals surface area (Å²) in [5, 5.41) is 12.4. The summed E-state index contributed by atoms with van der Waals surface area (Å²) in [6.07, 6.45) is 0.747. The molecule has 1 heterocycles. The van der Waals surface area contributed by atoms with Crippen LogP contribution in [0.1, 0.15) is 30.1 Å². The molecular weight excluding hydrogens is 357 g/mol. The van der Waals surface area contributed by atoms with Crippen molar-refractivity contribution >= 4 is 17.3 Å². The van der Waals surface area contributed by atoms with Crippen LogP contribution < -0.4 is 10.2 Å². The van der Waals surface area contributed by atoms with Gasteiger partial charge in [0.25, 0.3) is 5.91 Å². The van der Waals surface area contributed by atoms with Gasteiger partial charge in [0.05, 0.1) is 11.8 Å². The Balaban J connectivity index is 1.81. The van der Waals surface area contributed by atoms with Crippen molar-refractivity contribution in [3.05, 3.63) is 59.4 Å². The van der Waals surface area contributed by atoms with Gasteiger partial charge in [0, 0.05) is 30.4 Å². The third-order valence-electron chi connectivity index (χ3n) is 4.67. The predicted octanol–water partition coefficient (Wildman–Crippen LogP) is 3.95. The second kappa shape index (κ2) is 8.00. The smallest absolute Gasteiger partial charge is 0.255 e. The molecule has 4 nitrogen and oxygen atoms in total. The number of aliphatic hydroxyl groups is 1. The van der Waals surface area contributed by atoms with E-state index in [9.17, 15) is 23.1 Å². The van der Waals surface area contributed by atoms with Gasteiger partial charge in [-0.2, -0.15) is 0 Å². The van der Waals surface area contributed by atoms with Crippen LogP contribution >= 0.6 is 0 Å². The molecule has 2 aromatic rings. The number of carbonyl (C=O) groups is 1. The lowest BCUT2D eigenvalue weighted by Crippen LogP contribution is -2.28. The Hall–Kier alpha value is -2.54. The number of nitrogens with one attached hydrogen (secondary N) is 1. The lowest BCUT2D eigenvalue weighted by atomic mass is 10.0. The lowest BCUT2D eigenvalue weighted by Gasteiger charge is -2.25. The Kier molecular flexibility index (Phi) is 5.70. The number of anilines is 2. The van der Waals surface area contributed by atoms with Crippen LogP contribution in [0.2, 0.25) is 0 Å². The number of aliphatic hydroxyl groups excluding tert-OH is 1. The maximum absolute atomic E-state index is 14.4. The summed E-state index contributed by atoms with van der Waals surface area (Å²) in [7, 11) is 0. The average Bonchev–Trinajstić information content (AvgIpc) is 2.78. The second-order valence-electron chi connectivity index (χ2n) is 6.98. The van der Waals surface area contributed by atoms with Crippen LogP contribution in [0, 0.1) is 23.4 Å². The molecule has 1 fully saturated rings. The Morgan fingerprint density at radius 2 is 1.85 bits per heavy atom. The van der Waals surface area contributed by atoms with Crippen LogP contribution in [-0.2, 0) is 0 Å². The first kappa shape index (κ1) is 19.2. The summed E-state index contributed by atoms with van der Waals surface area (Å²) in [5.74, 6) is -2.89. The Morgan fingerprint density at radius 1 is 1.11 bits per heavy atom. The predicted molar refractivity (Wildman–Crippen MR) is 97.3 cm³/mol. The summed E-state index contributed by atoms with van der Waals surface area (Å²) >= 11 is 0. The highest BCUT2D eigenvalue weighted by Gasteiger charge is 2.23. The third-order valence-corrected chi connectivity index (χ3v) is 4.67. The minimum Gasteiger partial charge on any atom is -0.393 e. The van der Waals surface area contributed by atoms with E-state index in [1.807, 2.05) is 11.8 Å². The number of nitrogens with zero attached hydrogens (tertiary/aromatic N) is 1. The van der Waals surface area contributed by atoms with Gasteiger partial charge in [-0.05, 0) is 49.1 Å². The Labute approximate surface area is 155 Å². The van der Waals surface area contributed by atoms with Crippen LogP contribution in [0.3, 0.4) is 0 Å². The van der Waals surface area contributed by atoms with E-state index in [4.69, 9.17) is 0 Å². The topological polar surface area (TPSA) is 52.6 Å². The fourth-order valence-corrected chi connectivity index (χ4v) is 3.32. The van der Waals surface area contributed by atoms with Crippen molar-refractivity contribution in [2.45, 2.75) is 25.9 Å². The van der Waals surface area contributed by atoms with Crippen molar-refractivity contribution in [1.82, 2.24) is 0 Å². The van der Waals surface area contributed by atoms with E-state index in [1.54, 1.807) is 0 Å². The summed E-state index contributed by atoms with van der Waals surface area (Å²) < 4.78 is 40.7. The average molecular weight is 378 g/mol. The zero-order valence-electron chi connectivity index (χ0n) is 14.9. The van der Waals surface area contributed by atoms with Crippen LogP contribution in [0.15, 0.2) is 36.4 Å². The highest BCUT2D eigenvalue weighted by Crippen LogP contribution is 2.27. The molecule has 3 rings (SSSR count). The number of hydrogen-bond acceptors (Lipinski definition) is 3. The molecule has 1 saturated heterocycles. The number of amides is 1. The van der Waals surface area contributed by atoms with E-state index in [-0.39, 0.29) is 22.9 Å². The molecule has 0 aromatic heterocycles. The zero-order chi connectivity index (χ0) is 19.6. The van der Waals surface area contributed by atoms with Crippen LogP contribution in [0.4, 0.5) is 24.5 Å². The highest BCUT2D eigenvalue weighted by atomic mass is 19.2. The van der Waals surface area contributed by atoms with Gasteiger partial charge in [0.15, 0.2) is 11.6 Å². The van der Waals surface area contributed by atoms with E-state index in [1.165, 1.54) is 24.3 Å². The van der Waals surface area contributed by atoms with Gasteiger partial charge in [0.1, 0.15) is 5.82 Å². The van der Waals surface area contributed by atoms with Gasteiger partial charge in [-0.1, -0.05) is 6.92 Å². The van der Waals surface area contributed by atoms with E-state index >= 15 is 0 Å². The minimum atomic E-state index is -1.07. The summed E-state index contributed by atoms with van der Waals surface area (Å²) in [6, 6.07) is 7.04. The van der Waals surface area contributed by atoms with E-state index in [2.05, 4.69) is 5.32 Å². The van der Waals surface area contributed by atoms with Crippen LogP contribution in [0.5, 0.6) is 0 Å². The van der Waals surface area contributed by atoms with Gasteiger partial charge in [0.2, 0.25) is 0 Å². The molecule has 144 valence electrons. The van der Waals surface area contributed by atoms with E-state index < -0.39 is 29.5 Å². The van der Waals surface area contributed by atoms with Crippen LogP contribution in [0.25, 0.3) is 0 Å². The molecule has 27 heavy (non-hydrogen) atoms. The summed E-state index contributed by atoms with van der Waals surface area (Å²) in [4.78, 5) is 14.3. The molecule has 2 aromatic carbocycles. The number of halogens is 3. The molecule has 7 heteroatoms. The SMILES string of the molecule is CC1CC(O)CCN(c2cc(C(=O)Nc3ccc(F)c(F)c3)ccc2F)C1. The first-order chi connectivity index (χ1) is 12.8. The Bertz CT molecular complexity index is 844. The number of rotatable bonds is 3. The van der Waals surface area contributed by atoms with E-state index in [0.29, 0.717) is 25.9 Å². The fourth-order valence-electron chi connectivity index (χ4n) is 3.32. The molecule has 2 unspecified atom stereocenters. The monoisotopic (exact) mass is 378 g/mol. The maximum atomic E-state index is 14.4. The van der Waals surface area contributed by atoms with Gasteiger partial charge in [-0.3, -0.25) is 4.79 Å². The van der Waals surface area contributed by atoms with Crippen molar-refractivity contribution < 1.29 is 23.1 Å². The van der Waals surface area contributed by atoms with Gasteiger partial charge < -0.3 is 15.3 Å². The third kappa shape index (κ3) is 4.60. The summed E-state index contributed by atoms with van der Waals surface area (Å²) in [5.41, 5.74) is 0.596. The van der Waals surface area contributed by atoms with Crippen molar-refractivity contribution in [2.24, 2.45) is 5.92 Å². The van der Waals surface area contributed by atoms with Gasteiger partial charge in [-0.15, -0.1) is 0 Å². The molecular formula is C20H21F3N2O2. The molecule has 0 bridgehead atoms. The molecule has 0 spiro atoms. The molecule has 2 N–H and O–H groups in total. The standard InChI is InChI=1S/C20H21F3N2O2/c1-12-8-15(26)6-7-25(11-12)19-9-13(2-4-17(19)22)20(27)24-14-3-5-16(21)18(23)10-14/h2-5,9-10,12,15,26H,6-8,11H2,1H3,(H,24,27). The minimum absolute atomic E-state index is 0.108. The molecule has 0 saturated carbocycles. The highest BCUT2D eigenvalue weighted by molar-refractivity contribution is 6.04. The van der Waals surface area contributed by atoms with Crippen molar-refractivity contribution in [3.63, 3.8) is 0 Å². The first-order valence-electron chi connectivity index (χ1n) is 8.82. The second-order valence-corrected chi connectivity index (χ2v) is 6.98. The number of hydrogen-bond donors (Lipinski definition) is 2. The Morgan fingerprint density at radius 3 is 2.59 bits per heavy atom. The molecule has 1 amide bonds. The first-order valence-corrected chi connectivity index (χ1v) is 8.82. The molecule has 1 aliphatic rings. The number of carbonyl (C=O) groups excluding carboxylic acids is 1. The molecule has 2 atom stereocenters. The molecule has 0 radical (unpaired) electrons. The molecule has 0 aliphatic carbocycles. The summed E-state index contributed by atoms with van der Waals surface area (Å²) in [6.45, 7) is 3.04. The lowest BCUT2D eigenvalue weighted by molar-refractivity contribution is 0.102.